The summed E-state index contributed by atoms with van der Waals surface area (Å²) in [5.41, 5.74) is 0. The fourth-order valence-corrected chi connectivity index (χ4v) is 3.85. The van der Waals surface area contributed by atoms with E-state index in [1.54, 1.807) is 0 Å². The summed E-state index contributed by atoms with van der Waals surface area (Å²) in [6, 6.07) is 0. The molecule has 0 nitrogen and oxygen atoms in total. The Morgan fingerprint density at radius 1 is 0.321 bits per heavy atom. The van der Waals surface area contributed by atoms with Crippen LogP contribution in [0.3, 0.4) is 0 Å². The lowest BCUT2D eigenvalue weighted by Gasteiger charge is -2.02. The predicted octanol–water partition coefficient (Wildman–Crippen LogP) is 10.7. The second-order valence-corrected chi connectivity index (χ2v) is 8.80. The van der Waals surface area contributed by atoms with Gasteiger partial charge in [0.05, 0.1) is 0 Å². The van der Waals surface area contributed by atoms with Gasteiger partial charge in [-0.05, 0) is 25.7 Å². The molecule has 0 aliphatic rings. The summed E-state index contributed by atoms with van der Waals surface area (Å²) < 4.78 is 0. The Hall–Kier alpha value is -0.520. The molecule has 0 aromatic carbocycles. The number of unbranched alkanes of at least 4 members (excludes halogenated alkanes) is 20. The Kier molecular flexibility index (Phi) is 26.0. The molecule has 0 saturated heterocycles. The average molecular weight is 391 g/mol. The summed E-state index contributed by atoms with van der Waals surface area (Å²) in [4.78, 5) is 0. The number of allylic oxidation sites excluding steroid dienone is 4. The van der Waals surface area contributed by atoms with E-state index in [1.807, 2.05) is 0 Å². The topological polar surface area (TPSA) is 0 Å². The summed E-state index contributed by atoms with van der Waals surface area (Å²) >= 11 is 0. The normalized spacial score (nSPS) is 11.9. The van der Waals surface area contributed by atoms with Crippen molar-refractivity contribution in [2.45, 2.75) is 155 Å². The molecular weight excluding hydrogens is 336 g/mol. The SMILES string of the molecule is CCCCCCCCC=CC=CCCCCCCCCCCCCCCCC. The van der Waals surface area contributed by atoms with Gasteiger partial charge in [0.2, 0.25) is 0 Å². The highest BCUT2D eigenvalue weighted by Gasteiger charge is 1.93. The van der Waals surface area contributed by atoms with Crippen molar-refractivity contribution < 1.29 is 0 Å². The van der Waals surface area contributed by atoms with Crippen molar-refractivity contribution in [3.8, 4) is 0 Å². The molecule has 0 aromatic heterocycles. The van der Waals surface area contributed by atoms with Crippen LogP contribution in [-0.4, -0.2) is 0 Å². The van der Waals surface area contributed by atoms with E-state index in [1.165, 1.54) is 141 Å². The molecule has 0 aliphatic carbocycles. The lowest BCUT2D eigenvalue weighted by Crippen LogP contribution is -1.83. The first-order chi connectivity index (χ1) is 13.9. The van der Waals surface area contributed by atoms with E-state index >= 15 is 0 Å². The van der Waals surface area contributed by atoms with Crippen molar-refractivity contribution in [1.29, 1.82) is 0 Å². The minimum absolute atomic E-state index is 1.26. The van der Waals surface area contributed by atoms with Gasteiger partial charge in [0.25, 0.3) is 0 Å². The molecule has 0 spiro atoms. The van der Waals surface area contributed by atoms with Gasteiger partial charge in [-0.15, -0.1) is 0 Å². The summed E-state index contributed by atoms with van der Waals surface area (Å²) in [5.74, 6) is 0. The first kappa shape index (κ1) is 27.5. The Morgan fingerprint density at radius 2 is 0.571 bits per heavy atom. The van der Waals surface area contributed by atoms with E-state index in [9.17, 15) is 0 Å². The second-order valence-electron chi connectivity index (χ2n) is 8.80. The largest absolute Gasteiger partial charge is 0.0845 e. The molecule has 0 heterocycles. The smallest absolute Gasteiger partial charge is 0.0348 e. The lowest BCUT2D eigenvalue weighted by atomic mass is 10.0. The highest BCUT2D eigenvalue weighted by atomic mass is 14.0. The quantitative estimate of drug-likeness (QED) is 0.120. The minimum atomic E-state index is 1.26. The molecule has 0 bridgehead atoms. The van der Waals surface area contributed by atoms with E-state index in [2.05, 4.69) is 38.2 Å². The van der Waals surface area contributed by atoms with Gasteiger partial charge in [-0.1, -0.05) is 154 Å². The van der Waals surface area contributed by atoms with Gasteiger partial charge in [0.1, 0.15) is 0 Å². The molecule has 0 atom stereocenters. The predicted molar refractivity (Wildman–Crippen MR) is 131 cm³/mol. The maximum Gasteiger partial charge on any atom is -0.0348 e. The van der Waals surface area contributed by atoms with Crippen molar-refractivity contribution >= 4 is 0 Å². The van der Waals surface area contributed by atoms with Gasteiger partial charge in [-0.25, -0.2) is 0 Å². The number of hydrogen-bond acceptors (Lipinski definition) is 0. The highest BCUT2D eigenvalue weighted by molar-refractivity contribution is 5.02. The molecule has 0 rings (SSSR count). The maximum absolute atomic E-state index is 2.36. The zero-order valence-electron chi connectivity index (χ0n) is 19.9. The van der Waals surface area contributed by atoms with E-state index in [0.717, 1.165) is 0 Å². The van der Waals surface area contributed by atoms with Crippen LogP contribution in [0, 0.1) is 0 Å². The molecule has 0 heteroatoms. The van der Waals surface area contributed by atoms with Crippen LogP contribution in [0.4, 0.5) is 0 Å². The van der Waals surface area contributed by atoms with Crippen molar-refractivity contribution in [3.63, 3.8) is 0 Å². The van der Waals surface area contributed by atoms with Crippen molar-refractivity contribution in [2.24, 2.45) is 0 Å². The Balaban J connectivity index is 3.12. The standard InChI is InChI=1S/C28H54/c1-3-5-7-9-11-13-15-17-19-21-23-25-27-28-26-24-22-20-18-16-14-12-10-8-6-4-2/h17,19,21,23H,3-16,18,20,22,24-28H2,1-2H3. The Bertz CT molecular complexity index is 312. The third-order valence-corrected chi connectivity index (χ3v) is 5.83. The number of rotatable bonds is 23. The first-order valence-electron chi connectivity index (χ1n) is 13.2. The summed E-state index contributed by atoms with van der Waals surface area (Å²) in [6.45, 7) is 4.58. The second kappa shape index (κ2) is 26.5. The molecule has 0 amide bonds. The molecule has 0 aliphatic heterocycles. The summed E-state index contributed by atoms with van der Waals surface area (Å²) in [6.07, 6.45) is 40.4. The summed E-state index contributed by atoms with van der Waals surface area (Å²) in [5, 5.41) is 0. The Labute approximate surface area is 179 Å². The van der Waals surface area contributed by atoms with Crippen molar-refractivity contribution in [2.75, 3.05) is 0 Å². The highest BCUT2D eigenvalue weighted by Crippen LogP contribution is 2.13. The van der Waals surface area contributed by atoms with Crippen LogP contribution in [-0.2, 0) is 0 Å². The van der Waals surface area contributed by atoms with Crippen LogP contribution in [0.2, 0.25) is 0 Å². The molecule has 0 aromatic rings. The van der Waals surface area contributed by atoms with Gasteiger partial charge >= 0.3 is 0 Å². The molecule has 0 fully saturated rings. The molecular formula is C28H54. The number of hydrogen-bond donors (Lipinski definition) is 0. The van der Waals surface area contributed by atoms with Crippen molar-refractivity contribution in [3.05, 3.63) is 24.3 Å². The average Bonchev–Trinajstić information content (AvgIpc) is 2.71. The van der Waals surface area contributed by atoms with Gasteiger partial charge in [-0.2, -0.15) is 0 Å². The first-order valence-corrected chi connectivity index (χ1v) is 13.2. The maximum atomic E-state index is 2.36. The minimum Gasteiger partial charge on any atom is -0.0845 e. The van der Waals surface area contributed by atoms with Crippen LogP contribution in [0.25, 0.3) is 0 Å². The van der Waals surface area contributed by atoms with Gasteiger partial charge in [0, 0.05) is 0 Å². The van der Waals surface area contributed by atoms with E-state index in [-0.39, 0.29) is 0 Å². The molecule has 0 unspecified atom stereocenters. The Morgan fingerprint density at radius 3 is 0.857 bits per heavy atom. The van der Waals surface area contributed by atoms with Gasteiger partial charge < -0.3 is 0 Å². The van der Waals surface area contributed by atoms with Gasteiger partial charge in [-0.3, -0.25) is 0 Å². The summed E-state index contributed by atoms with van der Waals surface area (Å²) in [7, 11) is 0. The van der Waals surface area contributed by atoms with Crippen LogP contribution in [0.15, 0.2) is 24.3 Å². The van der Waals surface area contributed by atoms with Gasteiger partial charge in [0.15, 0.2) is 0 Å². The van der Waals surface area contributed by atoms with E-state index < -0.39 is 0 Å². The third kappa shape index (κ3) is 25.5. The fraction of sp³-hybridized carbons (Fsp3) is 0.857. The van der Waals surface area contributed by atoms with E-state index in [4.69, 9.17) is 0 Å². The molecule has 0 radical (unpaired) electrons. The van der Waals surface area contributed by atoms with Crippen LogP contribution >= 0.6 is 0 Å². The van der Waals surface area contributed by atoms with E-state index in [0.29, 0.717) is 0 Å². The fourth-order valence-electron chi connectivity index (χ4n) is 3.85. The van der Waals surface area contributed by atoms with Crippen LogP contribution in [0.5, 0.6) is 0 Å². The third-order valence-electron chi connectivity index (χ3n) is 5.83. The molecule has 0 saturated carbocycles. The molecule has 0 N–H and O–H groups in total. The monoisotopic (exact) mass is 390 g/mol. The zero-order valence-corrected chi connectivity index (χ0v) is 19.9. The molecule has 28 heavy (non-hydrogen) atoms. The van der Waals surface area contributed by atoms with Crippen LogP contribution < -0.4 is 0 Å². The van der Waals surface area contributed by atoms with Crippen LogP contribution in [0.1, 0.15) is 155 Å². The molecule has 166 valence electrons. The zero-order chi connectivity index (χ0) is 20.4. The van der Waals surface area contributed by atoms with Crippen molar-refractivity contribution in [1.82, 2.24) is 0 Å². The lowest BCUT2D eigenvalue weighted by molar-refractivity contribution is 0.536.